The number of carbonyl (C=O) groups excluding carboxylic acids is 1. The third kappa shape index (κ3) is 4.29. The summed E-state index contributed by atoms with van der Waals surface area (Å²) in [7, 11) is 6.02. The Kier molecular flexibility index (Phi) is 6.04. The molecule has 1 aromatic carbocycles. The standard InChI is InChI=1S/C29H36N4O2/c1-28(2)11-13-29(14-12-28)26-22-17-20(7-9-23(22)30-19-24(26)33(5)27(29)34)21-8-10-25(31-18-21)35-16-6-15-32(3)4/h7-10,17-19H,6,11-16H2,1-5H3. The molecule has 2 aliphatic rings. The molecule has 184 valence electrons. The van der Waals surface area contributed by atoms with E-state index in [0.29, 0.717) is 12.5 Å². The molecule has 0 radical (unpaired) electrons. The van der Waals surface area contributed by atoms with Gasteiger partial charge < -0.3 is 14.5 Å². The van der Waals surface area contributed by atoms with E-state index in [1.807, 2.05) is 30.4 Å². The zero-order valence-corrected chi connectivity index (χ0v) is 21.6. The Bertz CT molecular complexity index is 1240. The van der Waals surface area contributed by atoms with Gasteiger partial charge in [-0.25, -0.2) is 4.98 Å². The van der Waals surface area contributed by atoms with Gasteiger partial charge in [0.15, 0.2) is 0 Å². The van der Waals surface area contributed by atoms with Crippen molar-refractivity contribution in [2.24, 2.45) is 5.41 Å². The fraction of sp³-hybridized carbons (Fsp3) is 0.483. The van der Waals surface area contributed by atoms with Crippen molar-refractivity contribution in [2.75, 3.05) is 39.2 Å². The number of aromatic nitrogens is 2. The zero-order chi connectivity index (χ0) is 24.8. The molecule has 1 amide bonds. The number of benzene rings is 1. The number of fused-ring (bicyclic) bond motifs is 4. The first-order valence-electron chi connectivity index (χ1n) is 12.7. The van der Waals surface area contributed by atoms with Gasteiger partial charge in [-0.2, -0.15) is 0 Å². The van der Waals surface area contributed by atoms with Gasteiger partial charge in [0.25, 0.3) is 0 Å². The number of amides is 1. The topological polar surface area (TPSA) is 58.6 Å². The monoisotopic (exact) mass is 472 g/mol. The van der Waals surface area contributed by atoms with Gasteiger partial charge in [0, 0.05) is 42.4 Å². The second-order valence-electron chi connectivity index (χ2n) is 11.3. The van der Waals surface area contributed by atoms with Crippen LogP contribution in [0.2, 0.25) is 0 Å². The maximum atomic E-state index is 13.6. The lowest BCUT2D eigenvalue weighted by molar-refractivity contribution is -0.124. The van der Waals surface area contributed by atoms with E-state index in [2.05, 4.69) is 62.1 Å². The van der Waals surface area contributed by atoms with Gasteiger partial charge in [-0.15, -0.1) is 0 Å². The first-order valence-corrected chi connectivity index (χ1v) is 12.7. The van der Waals surface area contributed by atoms with Crippen LogP contribution in [0.3, 0.4) is 0 Å². The minimum absolute atomic E-state index is 0.222. The molecule has 6 nitrogen and oxygen atoms in total. The maximum Gasteiger partial charge on any atom is 0.237 e. The SMILES string of the molecule is CN(C)CCCOc1ccc(-c2ccc3ncc4c(c3c2)C2(CCC(C)(C)CC2)C(=O)N4C)cn1. The molecule has 0 bridgehead atoms. The van der Waals surface area contributed by atoms with Crippen LogP contribution in [0.25, 0.3) is 22.0 Å². The highest BCUT2D eigenvalue weighted by atomic mass is 16.5. The van der Waals surface area contributed by atoms with Gasteiger partial charge in [0.2, 0.25) is 11.8 Å². The van der Waals surface area contributed by atoms with Crippen LogP contribution in [0.4, 0.5) is 5.69 Å². The van der Waals surface area contributed by atoms with E-state index in [9.17, 15) is 4.79 Å². The second kappa shape index (κ2) is 8.90. The van der Waals surface area contributed by atoms with Crippen LogP contribution in [0.5, 0.6) is 5.88 Å². The van der Waals surface area contributed by atoms with Crippen molar-refractivity contribution in [2.45, 2.75) is 51.4 Å². The summed E-state index contributed by atoms with van der Waals surface area (Å²) in [4.78, 5) is 26.8. The Hall–Kier alpha value is -2.99. The molecule has 0 unspecified atom stereocenters. The van der Waals surface area contributed by atoms with Crippen molar-refractivity contribution in [3.05, 3.63) is 48.3 Å². The summed E-state index contributed by atoms with van der Waals surface area (Å²) >= 11 is 0. The van der Waals surface area contributed by atoms with Crippen LogP contribution < -0.4 is 9.64 Å². The third-order valence-corrected chi connectivity index (χ3v) is 7.93. The Morgan fingerprint density at radius 1 is 1.00 bits per heavy atom. The first-order chi connectivity index (χ1) is 16.7. The minimum atomic E-state index is -0.443. The number of rotatable bonds is 6. The van der Waals surface area contributed by atoms with E-state index >= 15 is 0 Å². The number of likely N-dealkylation sites (N-methyl/N-ethyl adjacent to an activating group) is 1. The molecule has 0 atom stereocenters. The third-order valence-electron chi connectivity index (χ3n) is 7.93. The quantitative estimate of drug-likeness (QED) is 0.447. The van der Waals surface area contributed by atoms with Crippen LogP contribution >= 0.6 is 0 Å². The molecule has 1 saturated carbocycles. The van der Waals surface area contributed by atoms with E-state index < -0.39 is 5.41 Å². The molecule has 35 heavy (non-hydrogen) atoms. The van der Waals surface area contributed by atoms with Crippen molar-refractivity contribution < 1.29 is 9.53 Å². The summed E-state index contributed by atoms with van der Waals surface area (Å²) in [6.07, 6.45) is 8.60. The predicted molar refractivity (Wildman–Crippen MR) is 141 cm³/mol. The lowest BCUT2D eigenvalue weighted by atomic mass is 9.62. The molecule has 3 heterocycles. The lowest BCUT2D eigenvalue weighted by Gasteiger charge is -2.40. The van der Waals surface area contributed by atoms with Crippen molar-refractivity contribution in [1.29, 1.82) is 0 Å². The summed E-state index contributed by atoms with van der Waals surface area (Å²) in [5, 5.41) is 1.08. The van der Waals surface area contributed by atoms with Crippen LogP contribution in [-0.2, 0) is 10.2 Å². The van der Waals surface area contributed by atoms with Crippen molar-refractivity contribution in [3.63, 3.8) is 0 Å². The molecule has 0 saturated heterocycles. The molecule has 2 aromatic heterocycles. The van der Waals surface area contributed by atoms with Crippen LogP contribution in [0, 0.1) is 5.41 Å². The van der Waals surface area contributed by atoms with Crippen molar-refractivity contribution >= 4 is 22.5 Å². The van der Waals surface area contributed by atoms with Crippen molar-refractivity contribution in [3.8, 4) is 17.0 Å². The Balaban J connectivity index is 1.48. The van der Waals surface area contributed by atoms with E-state index in [4.69, 9.17) is 9.72 Å². The number of nitrogens with zero attached hydrogens (tertiary/aromatic N) is 4. The average Bonchev–Trinajstić information content (AvgIpc) is 3.06. The summed E-state index contributed by atoms with van der Waals surface area (Å²) in [5.74, 6) is 0.868. The molecule has 0 N–H and O–H groups in total. The number of pyridine rings is 2. The molecule has 6 heteroatoms. The normalized spacial score (nSPS) is 18.5. The second-order valence-corrected chi connectivity index (χ2v) is 11.3. The molecule has 1 aliphatic carbocycles. The molecule has 5 rings (SSSR count). The molecule has 1 spiro atoms. The zero-order valence-electron chi connectivity index (χ0n) is 21.6. The largest absolute Gasteiger partial charge is 0.478 e. The molecular weight excluding hydrogens is 436 g/mol. The summed E-state index contributed by atoms with van der Waals surface area (Å²) < 4.78 is 5.80. The highest BCUT2D eigenvalue weighted by Gasteiger charge is 2.53. The number of hydrogen-bond donors (Lipinski definition) is 0. The van der Waals surface area contributed by atoms with Gasteiger partial charge in [-0.3, -0.25) is 9.78 Å². The van der Waals surface area contributed by atoms with Crippen molar-refractivity contribution in [1.82, 2.24) is 14.9 Å². The summed E-state index contributed by atoms with van der Waals surface area (Å²) in [5.41, 5.74) is 5.01. The number of carbonyl (C=O) groups is 1. The smallest absolute Gasteiger partial charge is 0.237 e. The van der Waals surface area contributed by atoms with Gasteiger partial charge in [0.05, 0.1) is 29.4 Å². The average molecular weight is 473 g/mol. The van der Waals surface area contributed by atoms with E-state index in [-0.39, 0.29) is 11.3 Å². The molecule has 1 aliphatic heterocycles. The number of ether oxygens (including phenoxy) is 1. The lowest BCUT2D eigenvalue weighted by Crippen LogP contribution is -2.43. The number of anilines is 1. The minimum Gasteiger partial charge on any atom is -0.478 e. The molecular formula is C29H36N4O2. The predicted octanol–water partition coefficient (Wildman–Crippen LogP) is 5.44. The van der Waals surface area contributed by atoms with Gasteiger partial charge >= 0.3 is 0 Å². The Morgan fingerprint density at radius 2 is 1.74 bits per heavy atom. The van der Waals surface area contributed by atoms with E-state index in [1.165, 1.54) is 5.56 Å². The van der Waals surface area contributed by atoms with Gasteiger partial charge in [-0.1, -0.05) is 19.9 Å². The molecule has 1 fully saturated rings. The highest BCUT2D eigenvalue weighted by molar-refractivity contribution is 6.12. The fourth-order valence-corrected chi connectivity index (χ4v) is 5.67. The van der Waals surface area contributed by atoms with Crippen LogP contribution in [-0.4, -0.2) is 55.1 Å². The van der Waals surface area contributed by atoms with Gasteiger partial charge in [-0.05, 0) is 75.4 Å². The van der Waals surface area contributed by atoms with E-state index in [1.54, 1.807) is 0 Å². The highest BCUT2D eigenvalue weighted by Crippen LogP contribution is 2.55. The Morgan fingerprint density at radius 3 is 2.43 bits per heavy atom. The summed E-state index contributed by atoms with van der Waals surface area (Å²) in [6, 6.07) is 10.4. The van der Waals surface area contributed by atoms with Crippen LogP contribution in [0.1, 0.15) is 51.5 Å². The molecule has 3 aromatic rings. The maximum absolute atomic E-state index is 13.6. The Labute approximate surface area is 208 Å². The summed E-state index contributed by atoms with van der Waals surface area (Å²) in [6.45, 7) is 6.27. The van der Waals surface area contributed by atoms with Crippen LogP contribution in [0.15, 0.2) is 42.7 Å². The van der Waals surface area contributed by atoms with E-state index in [0.717, 1.165) is 66.4 Å². The van der Waals surface area contributed by atoms with Gasteiger partial charge in [0.1, 0.15) is 0 Å². The number of hydrogen-bond acceptors (Lipinski definition) is 5. The first kappa shape index (κ1) is 23.7. The fourth-order valence-electron chi connectivity index (χ4n) is 5.67.